The summed E-state index contributed by atoms with van der Waals surface area (Å²) in [5.74, 6) is -0.0863. The Bertz CT molecular complexity index is 930. The summed E-state index contributed by atoms with van der Waals surface area (Å²) >= 11 is 1.66. The fraction of sp³-hybridized carbons (Fsp3) is 0.250. The van der Waals surface area contributed by atoms with E-state index < -0.39 is 0 Å². The third kappa shape index (κ3) is 4.08. The van der Waals surface area contributed by atoms with Crippen LogP contribution in [0.5, 0.6) is 0 Å². The van der Waals surface area contributed by atoms with Gasteiger partial charge in [0.25, 0.3) is 11.5 Å². The van der Waals surface area contributed by atoms with Gasteiger partial charge in [0.15, 0.2) is 0 Å². The number of nitrogens with one attached hydrogen (secondary N) is 1. The minimum atomic E-state index is -0.153. The Hall–Kier alpha value is -2.73. The summed E-state index contributed by atoms with van der Waals surface area (Å²) in [6.45, 7) is 2.11. The standard InChI is InChI=1S/C20H21N3O2S/c1-3-5-17(18-6-4-13-26-18)21-20(25)15-9-7-14(8-10-15)16-11-12-19(24)23(2)22-16/h4,6-13,17H,3,5H2,1-2H3,(H,21,25)/t17-/m0/s1. The number of rotatable bonds is 6. The molecule has 0 bridgehead atoms. The Morgan fingerprint density at radius 2 is 1.96 bits per heavy atom. The molecule has 3 rings (SSSR count). The van der Waals surface area contributed by atoms with Crippen molar-refractivity contribution in [1.82, 2.24) is 15.1 Å². The van der Waals surface area contributed by atoms with Gasteiger partial charge in [-0.05, 0) is 36.1 Å². The quantitative estimate of drug-likeness (QED) is 0.721. The van der Waals surface area contributed by atoms with E-state index in [-0.39, 0.29) is 17.5 Å². The summed E-state index contributed by atoms with van der Waals surface area (Å²) < 4.78 is 1.30. The zero-order valence-electron chi connectivity index (χ0n) is 14.8. The summed E-state index contributed by atoms with van der Waals surface area (Å²) in [5.41, 5.74) is 2.01. The van der Waals surface area contributed by atoms with Crippen molar-refractivity contribution in [3.05, 3.63) is 74.7 Å². The average Bonchev–Trinajstić information content (AvgIpc) is 3.18. The second-order valence-corrected chi connectivity index (χ2v) is 7.07. The zero-order valence-corrected chi connectivity index (χ0v) is 15.6. The number of carbonyl (C=O) groups excluding carboxylic acids is 1. The number of hydrogen-bond acceptors (Lipinski definition) is 4. The summed E-state index contributed by atoms with van der Waals surface area (Å²) in [4.78, 5) is 25.2. The Morgan fingerprint density at radius 1 is 1.19 bits per heavy atom. The smallest absolute Gasteiger partial charge is 0.266 e. The monoisotopic (exact) mass is 367 g/mol. The third-order valence-corrected chi connectivity index (χ3v) is 5.16. The summed E-state index contributed by atoms with van der Waals surface area (Å²) in [7, 11) is 1.62. The number of hydrogen-bond donors (Lipinski definition) is 1. The first-order valence-electron chi connectivity index (χ1n) is 8.57. The van der Waals surface area contributed by atoms with Gasteiger partial charge < -0.3 is 5.32 Å². The van der Waals surface area contributed by atoms with Gasteiger partial charge in [-0.1, -0.05) is 31.5 Å². The van der Waals surface area contributed by atoms with E-state index in [2.05, 4.69) is 23.4 Å². The first-order chi connectivity index (χ1) is 12.6. The maximum atomic E-state index is 12.6. The van der Waals surface area contributed by atoms with Gasteiger partial charge in [-0.25, -0.2) is 4.68 Å². The lowest BCUT2D eigenvalue weighted by molar-refractivity contribution is 0.0935. The molecule has 1 atom stereocenters. The van der Waals surface area contributed by atoms with E-state index in [1.807, 2.05) is 23.6 Å². The predicted octanol–water partition coefficient (Wildman–Crippen LogP) is 3.78. The second-order valence-electron chi connectivity index (χ2n) is 6.09. The second kappa shape index (κ2) is 8.10. The van der Waals surface area contributed by atoms with Gasteiger partial charge in [-0.2, -0.15) is 5.10 Å². The van der Waals surface area contributed by atoms with Crippen LogP contribution >= 0.6 is 11.3 Å². The molecular formula is C20H21N3O2S. The van der Waals surface area contributed by atoms with Crippen molar-refractivity contribution in [1.29, 1.82) is 0 Å². The number of benzene rings is 1. The van der Waals surface area contributed by atoms with Crippen LogP contribution in [0.15, 0.2) is 58.7 Å². The zero-order chi connectivity index (χ0) is 18.5. The highest BCUT2D eigenvalue weighted by Gasteiger charge is 2.16. The molecule has 1 aromatic carbocycles. The van der Waals surface area contributed by atoms with Crippen LogP contribution in [-0.4, -0.2) is 15.7 Å². The number of aromatic nitrogens is 2. The normalized spacial score (nSPS) is 11.9. The van der Waals surface area contributed by atoms with Crippen LogP contribution in [0.1, 0.15) is 41.0 Å². The van der Waals surface area contributed by atoms with E-state index in [1.165, 1.54) is 15.6 Å². The molecule has 0 aliphatic rings. The van der Waals surface area contributed by atoms with Crippen molar-refractivity contribution < 1.29 is 4.79 Å². The van der Waals surface area contributed by atoms with Gasteiger partial charge in [0.2, 0.25) is 0 Å². The first-order valence-corrected chi connectivity index (χ1v) is 9.45. The van der Waals surface area contributed by atoms with Crippen molar-refractivity contribution in [3.63, 3.8) is 0 Å². The van der Waals surface area contributed by atoms with Gasteiger partial charge >= 0.3 is 0 Å². The van der Waals surface area contributed by atoms with Crippen molar-refractivity contribution in [2.24, 2.45) is 7.05 Å². The van der Waals surface area contributed by atoms with Gasteiger partial charge in [-0.3, -0.25) is 9.59 Å². The molecule has 2 aromatic heterocycles. The van der Waals surface area contributed by atoms with Crippen LogP contribution in [0.25, 0.3) is 11.3 Å². The number of amides is 1. The molecule has 26 heavy (non-hydrogen) atoms. The molecular weight excluding hydrogens is 346 g/mol. The Kier molecular flexibility index (Phi) is 5.63. The van der Waals surface area contributed by atoms with Crippen LogP contribution in [0.4, 0.5) is 0 Å². The molecule has 1 amide bonds. The van der Waals surface area contributed by atoms with E-state index in [9.17, 15) is 9.59 Å². The topological polar surface area (TPSA) is 64.0 Å². The van der Waals surface area contributed by atoms with Gasteiger partial charge in [0, 0.05) is 29.1 Å². The highest BCUT2D eigenvalue weighted by molar-refractivity contribution is 7.10. The number of carbonyl (C=O) groups is 1. The molecule has 0 aliphatic carbocycles. The highest BCUT2D eigenvalue weighted by Crippen LogP contribution is 2.24. The Balaban J connectivity index is 1.76. The van der Waals surface area contributed by atoms with E-state index in [0.29, 0.717) is 11.3 Å². The average molecular weight is 367 g/mol. The molecule has 0 saturated carbocycles. The molecule has 0 spiro atoms. The lowest BCUT2D eigenvalue weighted by Crippen LogP contribution is -2.27. The first kappa shape index (κ1) is 18.1. The van der Waals surface area contributed by atoms with Crippen molar-refractivity contribution >= 4 is 17.2 Å². The number of aryl methyl sites for hydroxylation is 1. The summed E-state index contributed by atoms with van der Waals surface area (Å²) in [6.07, 6.45) is 1.91. The number of thiophene rings is 1. The maximum absolute atomic E-state index is 12.6. The minimum absolute atomic E-state index is 0.0393. The minimum Gasteiger partial charge on any atom is -0.344 e. The summed E-state index contributed by atoms with van der Waals surface area (Å²) in [5, 5.41) is 9.38. The molecule has 2 heterocycles. The van der Waals surface area contributed by atoms with E-state index in [0.717, 1.165) is 18.4 Å². The maximum Gasteiger partial charge on any atom is 0.266 e. The summed E-state index contributed by atoms with van der Waals surface area (Å²) in [6, 6.07) is 14.5. The Morgan fingerprint density at radius 3 is 2.58 bits per heavy atom. The van der Waals surface area contributed by atoms with Crippen LogP contribution in [0.3, 0.4) is 0 Å². The lowest BCUT2D eigenvalue weighted by Gasteiger charge is -2.17. The molecule has 0 fully saturated rings. The molecule has 134 valence electrons. The van der Waals surface area contributed by atoms with Crippen molar-refractivity contribution in [2.75, 3.05) is 0 Å². The molecule has 5 nitrogen and oxygen atoms in total. The Labute approximate surface area is 156 Å². The largest absolute Gasteiger partial charge is 0.344 e. The van der Waals surface area contributed by atoms with Crippen LogP contribution in [0, 0.1) is 0 Å². The SMILES string of the molecule is CCC[C@H](NC(=O)c1ccc(-c2ccc(=O)n(C)n2)cc1)c1cccs1. The van der Waals surface area contributed by atoms with Crippen molar-refractivity contribution in [3.8, 4) is 11.3 Å². The molecule has 0 radical (unpaired) electrons. The third-order valence-electron chi connectivity index (χ3n) is 4.17. The van der Waals surface area contributed by atoms with Gasteiger partial charge in [-0.15, -0.1) is 11.3 Å². The molecule has 3 aromatic rings. The molecule has 0 saturated heterocycles. The molecule has 6 heteroatoms. The highest BCUT2D eigenvalue weighted by atomic mass is 32.1. The van der Waals surface area contributed by atoms with E-state index in [1.54, 1.807) is 36.6 Å². The molecule has 0 aliphatic heterocycles. The molecule has 0 unspecified atom stereocenters. The number of nitrogens with zero attached hydrogens (tertiary/aromatic N) is 2. The van der Waals surface area contributed by atoms with Crippen LogP contribution in [-0.2, 0) is 7.05 Å². The predicted molar refractivity (Wildman–Crippen MR) is 104 cm³/mol. The van der Waals surface area contributed by atoms with Gasteiger partial charge in [0.1, 0.15) is 0 Å². The fourth-order valence-corrected chi connectivity index (χ4v) is 3.57. The van der Waals surface area contributed by atoms with Crippen LogP contribution < -0.4 is 10.9 Å². The van der Waals surface area contributed by atoms with E-state index in [4.69, 9.17) is 0 Å². The van der Waals surface area contributed by atoms with Gasteiger partial charge in [0.05, 0.1) is 11.7 Å². The fourth-order valence-electron chi connectivity index (χ4n) is 2.75. The lowest BCUT2D eigenvalue weighted by atomic mass is 10.1. The molecule has 1 N–H and O–H groups in total. The van der Waals surface area contributed by atoms with Crippen molar-refractivity contribution in [2.45, 2.75) is 25.8 Å². The van der Waals surface area contributed by atoms with E-state index >= 15 is 0 Å². The van der Waals surface area contributed by atoms with Crippen LogP contribution in [0.2, 0.25) is 0 Å².